The molecular formula is C18H14ClF2N3O2S. The lowest BCUT2D eigenvalue weighted by Crippen LogP contribution is -2.15. The van der Waals surface area contributed by atoms with Gasteiger partial charge in [-0.1, -0.05) is 23.7 Å². The maximum Gasteiger partial charge on any atom is 0.387 e. The molecule has 5 nitrogen and oxygen atoms in total. The molecule has 140 valence electrons. The summed E-state index contributed by atoms with van der Waals surface area (Å²) in [5.41, 5.74) is 0.429. The zero-order chi connectivity index (χ0) is 19.4. The fraction of sp³-hybridized carbons (Fsp3) is 0.111. The summed E-state index contributed by atoms with van der Waals surface area (Å²) in [6.45, 7) is -3.03. The zero-order valence-corrected chi connectivity index (χ0v) is 15.6. The smallest absolute Gasteiger partial charge is 0.387 e. The molecule has 0 bridgehead atoms. The van der Waals surface area contributed by atoms with Crippen molar-refractivity contribution in [3.05, 3.63) is 65.4 Å². The molecule has 1 aromatic heterocycles. The molecule has 1 N–H and O–H groups in total. The van der Waals surface area contributed by atoms with Gasteiger partial charge in [0, 0.05) is 29.4 Å². The molecule has 0 aliphatic carbocycles. The van der Waals surface area contributed by atoms with E-state index in [2.05, 4.69) is 15.0 Å². The molecule has 0 unspecified atom stereocenters. The van der Waals surface area contributed by atoms with Crippen LogP contribution in [0.15, 0.2) is 64.9 Å². The van der Waals surface area contributed by atoms with Crippen molar-refractivity contribution in [1.29, 1.82) is 0 Å². The van der Waals surface area contributed by atoms with Crippen LogP contribution in [0.3, 0.4) is 0 Å². The number of nitrogens with one attached hydrogen (secondary N) is 1. The Morgan fingerprint density at radius 1 is 1.30 bits per heavy atom. The Balaban J connectivity index is 1.88. The fourth-order valence-electron chi connectivity index (χ4n) is 2.28. The predicted octanol–water partition coefficient (Wildman–Crippen LogP) is 5.08. The fourth-order valence-corrected chi connectivity index (χ4v) is 3.32. The van der Waals surface area contributed by atoms with E-state index in [-0.39, 0.29) is 11.3 Å². The van der Waals surface area contributed by atoms with Gasteiger partial charge in [-0.2, -0.15) is 8.78 Å². The van der Waals surface area contributed by atoms with E-state index in [1.807, 2.05) is 11.6 Å². The largest absolute Gasteiger partial charge is 0.434 e. The van der Waals surface area contributed by atoms with Crippen molar-refractivity contribution >= 4 is 35.0 Å². The van der Waals surface area contributed by atoms with Gasteiger partial charge in [-0.25, -0.2) is 4.98 Å². The number of carbonyl (C=O) groups is 1. The van der Waals surface area contributed by atoms with Gasteiger partial charge in [0.25, 0.3) is 5.91 Å². The topological polar surface area (TPSA) is 56.2 Å². The first-order valence-electron chi connectivity index (χ1n) is 7.74. The third-order valence-corrected chi connectivity index (χ3v) is 4.90. The third-order valence-electron chi connectivity index (χ3n) is 3.52. The van der Waals surface area contributed by atoms with E-state index in [0.717, 1.165) is 0 Å². The van der Waals surface area contributed by atoms with Gasteiger partial charge in [-0.05, 0) is 42.1 Å². The van der Waals surface area contributed by atoms with Crippen LogP contribution in [0.4, 0.5) is 14.5 Å². The summed E-state index contributed by atoms with van der Waals surface area (Å²) in [4.78, 5) is 17.6. The van der Waals surface area contributed by atoms with Crippen LogP contribution in [0.25, 0.3) is 0 Å². The Labute approximate surface area is 163 Å². The minimum absolute atomic E-state index is 0.00860. The lowest BCUT2D eigenvalue weighted by atomic mass is 10.2. The molecule has 0 radical (unpaired) electrons. The molecule has 1 heterocycles. The highest BCUT2D eigenvalue weighted by Gasteiger charge is 2.17. The molecule has 0 fully saturated rings. The number of rotatable bonds is 6. The van der Waals surface area contributed by atoms with Crippen LogP contribution in [0.2, 0.25) is 5.02 Å². The van der Waals surface area contributed by atoms with E-state index in [0.29, 0.717) is 20.8 Å². The van der Waals surface area contributed by atoms with Crippen LogP contribution in [-0.2, 0) is 7.05 Å². The number of carbonyl (C=O) groups excluding carboxylic acids is 1. The number of alkyl halides is 2. The Hall–Kier alpha value is -2.58. The molecule has 0 aliphatic rings. The number of nitrogens with zero attached hydrogens (tertiary/aromatic N) is 2. The summed E-state index contributed by atoms with van der Waals surface area (Å²) in [6.07, 6.45) is 3.46. The molecule has 0 atom stereocenters. The van der Waals surface area contributed by atoms with Crippen molar-refractivity contribution < 1.29 is 18.3 Å². The maximum absolute atomic E-state index is 12.6. The van der Waals surface area contributed by atoms with Gasteiger partial charge in [0.2, 0.25) is 0 Å². The summed E-state index contributed by atoms with van der Waals surface area (Å²) in [5, 5.41) is 3.85. The monoisotopic (exact) mass is 409 g/mol. The van der Waals surface area contributed by atoms with Crippen molar-refractivity contribution in [3.8, 4) is 5.75 Å². The highest BCUT2D eigenvalue weighted by Crippen LogP contribution is 2.35. The number of para-hydroxylation sites is 1. The molecule has 27 heavy (non-hydrogen) atoms. The van der Waals surface area contributed by atoms with Crippen LogP contribution in [0.1, 0.15) is 10.4 Å². The van der Waals surface area contributed by atoms with E-state index in [9.17, 15) is 13.6 Å². The number of benzene rings is 2. The number of imidazole rings is 1. The first-order valence-corrected chi connectivity index (χ1v) is 8.93. The van der Waals surface area contributed by atoms with Crippen molar-refractivity contribution in [1.82, 2.24) is 9.55 Å². The van der Waals surface area contributed by atoms with Crippen LogP contribution in [-0.4, -0.2) is 22.1 Å². The van der Waals surface area contributed by atoms with Gasteiger partial charge in [0.1, 0.15) is 5.75 Å². The molecular weight excluding hydrogens is 396 g/mol. The second-order valence-electron chi connectivity index (χ2n) is 5.39. The van der Waals surface area contributed by atoms with E-state index < -0.39 is 12.5 Å². The summed E-state index contributed by atoms with van der Waals surface area (Å²) in [6, 6.07) is 10.8. The first kappa shape index (κ1) is 19.2. The van der Waals surface area contributed by atoms with Crippen molar-refractivity contribution in [2.24, 2.45) is 7.05 Å². The highest BCUT2D eigenvalue weighted by molar-refractivity contribution is 7.99. The minimum atomic E-state index is -3.03. The van der Waals surface area contributed by atoms with E-state index in [4.69, 9.17) is 11.6 Å². The summed E-state index contributed by atoms with van der Waals surface area (Å²) < 4.78 is 31.4. The van der Waals surface area contributed by atoms with Crippen LogP contribution < -0.4 is 10.1 Å². The average Bonchev–Trinajstić information content (AvgIpc) is 3.02. The normalized spacial score (nSPS) is 10.9. The quantitative estimate of drug-likeness (QED) is 0.617. The van der Waals surface area contributed by atoms with E-state index in [1.165, 1.54) is 30.0 Å². The number of hydrogen-bond acceptors (Lipinski definition) is 4. The maximum atomic E-state index is 12.6. The summed E-state index contributed by atoms with van der Waals surface area (Å²) >= 11 is 7.39. The van der Waals surface area contributed by atoms with Gasteiger partial charge >= 0.3 is 6.61 Å². The number of aryl methyl sites for hydroxylation is 1. The van der Waals surface area contributed by atoms with Crippen molar-refractivity contribution in [2.75, 3.05) is 5.32 Å². The van der Waals surface area contributed by atoms with Gasteiger partial charge in [0.05, 0.1) is 11.3 Å². The molecule has 1 amide bonds. The third kappa shape index (κ3) is 4.78. The Kier molecular flexibility index (Phi) is 5.98. The molecule has 0 saturated carbocycles. The number of amides is 1. The molecule has 3 rings (SSSR count). The minimum Gasteiger partial charge on any atom is -0.434 e. The second-order valence-corrected chi connectivity index (χ2v) is 6.84. The van der Waals surface area contributed by atoms with Gasteiger partial charge in [-0.15, -0.1) is 0 Å². The van der Waals surface area contributed by atoms with E-state index in [1.54, 1.807) is 36.7 Å². The number of halogens is 3. The number of ether oxygens (including phenoxy) is 1. The predicted molar refractivity (Wildman–Crippen MR) is 99.8 cm³/mol. The SMILES string of the molecule is Cn1ccnc1Sc1ccc(Cl)cc1NC(=O)c1ccccc1OC(F)F. The molecule has 0 aliphatic heterocycles. The second kappa shape index (κ2) is 8.41. The lowest BCUT2D eigenvalue weighted by Gasteiger charge is -2.13. The lowest BCUT2D eigenvalue weighted by molar-refractivity contribution is -0.0501. The van der Waals surface area contributed by atoms with Crippen LogP contribution in [0.5, 0.6) is 5.75 Å². The Morgan fingerprint density at radius 3 is 2.78 bits per heavy atom. The Bertz CT molecular complexity index is 965. The molecule has 3 aromatic rings. The van der Waals surface area contributed by atoms with Crippen LogP contribution in [0, 0.1) is 0 Å². The number of hydrogen-bond donors (Lipinski definition) is 1. The summed E-state index contributed by atoms with van der Waals surface area (Å²) in [5.74, 6) is -0.791. The number of anilines is 1. The first-order chi connectivity index (χ1) is 12.9. The zero-order valence-electron chi connectivity index (χ0n) is 14.0. The Morgan fingerprint density at radius 2 is 2.07 bits per heavy atom. The van der Waals surface area contributed by atoms with Crippen molar-refractivity contribution in [3.63, 3.8) is 0 Å². The van der Waals surface area contributed by atoms with Gasteiger partial charge in [0.15, 0.2) is 5.16 Å². The molecule has 0 spiro atoms. The van der Waals surface area contributed by atoms with Gasteiger partial charge < -0.3 is 14.6 Å². The average molecular weight is 410 g/mol. The van der Waals surface area contributed by atoms with E-state index >= 15 is 0 Å². The molecule has 0 saturated heterocycles. The highest BCUT2D eigenvalue weighted by atomic mass is 35.5. The number of aromatic nitrogens is 2. The van der Waals surface area contributed by atoms with Crippen molar-refractivity contribution in [2.45, 2.75) is 16.7 Å². The molecule has 9 heteroatoms. The standard InChI is InChI=1S/C18H14ClF2N3O2S/c1-24-9-8-22-18(24)27-15-7-6-11(19)10-13(15)23-16(25)12-4-2-3-5-14(12)26-17(20)21/h2-10,17H,1H3,(H,23,25). The summed E-state index contributed by atoms with van der Waals surface area (Å²) in [7, 11) is 1.85. The van der Waals surface area contributed by atoms with Crippen LogP contribution >= 0.6 is 23.4 Å². The molecule has 2 aromatic carbocycles. The van der Waals surface area contributed by atoms with Gasteiger partial charge in [-0.3, -0.25) is 4.79 Å².